The van der Waals surface area contributed by atoms with Crippen molar-refractivity contribution in [1.29, 1.82) is 0 Å². The minimum absolute atomic E-state index is 0.134. The van der Waals surface area contributed by atoms with Crippen molar-refractivity contribution in [2.45, 2.75) is 48.7 Å². The third kappa shape index (κ3) is 3.98. The smallest absolute Gasteiger partial charge is 0.251 e. The van der Waals surface area contributed by atoms with E-state index < -0.39 is 9.84 Å². The van der Waals surface area contributed by atoms with Crippen molar-refractivity contribution in [3.63, 3.8) is 0 Å². The maximum absolute atomic E-state index is 12.5. The lowest BCUT2D eigenvalue weighted by atomic mass is 10.00. The van der Waals surface area contributed by atoms with Gasteiger partial charge in [-0.15, -0.1) is 0 Å². The Hall–Kier alpha value is -1.40. The van der Waals surface area contributed by atoms with E-state index in [2.05, 4.69) is 10.6 Å². The summed E-state index contributed by atoms with van der Waals surface area (Å²) in [7, 11) is -3.25. The highest BCUT2D eigenvalue weighted by molar-refractivity contribution is 7.92. The SMILES string of the molecule is O=C(NCC1CCCNC1)c1ccc(S(=O)(=O)C2CCCC2)cc1. The van der Waals surface area contributed by atoms with Crippen molar-refractivity contribution in [1.82, 2.24) is 10.6 Å². The van der Waals surface area contributed by atoms with Gasteiger partial charge in [-0.3, -0.25) is 4.79 Å². The molecular formula is C18H26N2O3S. The Morgan fingerprint density at radius 2 is 1.79 bits per heavy atom. The Labute approximate surface area is 144 Å². The van der Waals surface area contributed by atoms with Crippen molar-refractivity contribution in [2.24, 2.45) is 5.92 Å². The van der Waals surface area contributed by atoms with Crippen LogP contribution in [-0.2, 0) is 9.84 Å². The third-order valence-electron chi connectivity index (χ3n) is 5.14. The van der Waals surface area contributed by atoms with Gasteiger partial charge in [0.1, 0.15) is 0 Å². The Balaban J connectivity index is 1.60. The Bertz CT molecular complexity index is 658. The first-order chi connectivity index (χ1) is 11.6. The molecule has 24 heavy (non-hydrogen) atoms. The zero-order chi connectivity index (χ0) is 17.0. The lowest BCUT2D eigenvalue weighted by Crippen LogP contribution is -2.38. The van der Waals surface area contributed by atoms with E-state index in [0.29, 0.717) is 22.9 Å². The molecule has 1 saturated heterocycles. The van der Waals surface area contributed by atoms with Gasteiger partial charge in [0.2, 0.25) is 0 Å². The van der Waals surface area contributed by atoms with Crippen LogP contribution in [-0.4, -0.2) is 39.2 Å². The second-order valence-electron chi connectivity index (χ2n) is 6.90. The topological polar surface area (TPSA) is 75.3 Å². The van der Waals surface area contributed by atoms with Crippen molar-refractivity contribution in [3.8, 4) is 0 Å². The summed E-state index contributed by atoms with van der Waals surface area (Å²) in [5.74, 6) is 0.343. The number of carbonyl (C=O) groups is 1. The molecule has 2 aliphatic rings. The Morgan fingerprint density at radius 1 is 1.08 bits per heavy atom. The molecule has 1 amide bonds. The highest BCUT2D eigenvalue weighted by atomic mass is 32.2. The molecule has 0 aromatic heterocycles. The fourth-order valence-corrected chi connectivity index (χ4v) is 5.48. The van der Waals surface area contributed by atoms with Crippen LogP contribution in [0.15, 0.2) is 29.2 Å². The van der Waals surface area contributed by atoms with Crippen LogP contribution in [0.25, 0.3) is 0 Å². The average Bonchev–Trinajstić information content (AvgIpc) is 3.16. The predicted octanol–water partition coefficient (Wildman–Crippen LogP) is 2.13. The van der Waals surface area contributed by atoms with Gasteiger partial charge in [-0.2, -0.15) is 0 Å². The van der Waals surface area contributed by atoms with E-state index in [4.69, 9.17) is 0 Å². The number of carbonyl (C=O) groups excluding carboxylic acids is 1. The van der Waals surface area contributed by atoms with Crippen LogP contribution in [0.1, 0.15) is 48.9 Å². The molecule has 1 aliphatic carbocycles. The predicted molar refractivity (Wildman–Crippen MR) is 93.8 cm³/mol. The summed E-state index contributed by atoms with van der Waals surface area (Å²) >= 11 is 0. The van der Waals surface area contributed by atoms with E-state index in [1.165, 1.54) is 0 Å². The number of hydrogen-bond acceptors (Lipinski definition) is 4. The van der Waals surface area contributed by atoms with Gasteiger partial charge in [-0.1, -0.05) is 12.8 Å². The molecule has 0 bridgehead atoms. The van der Waals surface area contributed by atoms with Crippen molar-refractivity contribution < 1.29 is 13.2 Å². The quantitative estimate of drug-likeness (QED) is 0.853. The summed E-state index contributed by atoms with van der Waals surface area (Å²) in [6, 6.07) is 6.39. The largest absolute Gasteiger partial charge is 0.352 e. The lowest BCUT2D eigenvalue weighted by molar-refractivity contribution is 0.0944. The summed E-state index contributed by atoms with van der Waals surface area (Å²) < 4.78 is 25.1. The second-order valence-corrected chi connectivity index (χ2v) is 9.13. The Morgan fingerprint density at radius 3 is 2.42 bits per heavy atom. The maximum atomic E-state index is 12.5. The van der Waals surface area contributed by atoms with Crippen LogP contribution < -0.4 is 10.6 Å². The van der Waals surface area contributed by atoms with Gasteiger partial charge >= 0.3 is 0 Å². The molecule has 0 radical (unpaired) electrons. The van der Waals surface area contributed by atoms with Crippen LogP contribution in [0, 0.1) is 5.92 Å². The number of sulfone groups is 1. The number of benzene rings is 1. The molecule has 1 saturated carbocycles. The highest BCUT2D eigenvalue weighted by Crippen LogP contribution is 2.29. The van der Waals surface area contributed by atoms with Crippen molar-refractivity contribution in [2.75, 3.05) is 19.6 Å². The van der Waals surface area contributed by atoms with Crippen LogP contribution in [0.2, 0.25) is 0 Å². The summed E-state index contributed by atoms with van der Waals surface area (Å²) in [6.07, 6.45) is 5.75. The molecule has 1 heterocycles. The van der Waals surface area contributed by atoms with Crippen LogP contribution in [0.5, 0.6) is 0 Å². The van der Waals surface area contributed by atoms with Gasteiger partial charge < -0.3 is 10.6 Å². The molecule has 3 rings (SSSR count). The van der Waals surface area contributed by atoms with Gasteiger partial charge in [0, 0.05) is 12.1 Å². The maximum Gasteiger partial charge on any atom is 0.251 e. The summed E-state index contributed by atoms with van der Waals surface area (Å²) in [6.45, 7) is 2.66. The molecule has 1 unspecified atom stereocenters. The van der Waals surface area contributed by atoms with Gasteiger partial charge in [0.25, 0.3) is 5.91 Å². The number of nitrogens with one attached hydrogen (secondary N) is 2. The molecule has 1 aromatic rings. The summed E-state index contributed by atoms with van der Waals surface area (Å²) in [5, 5.41) is 6.03. The fourth-order valence-electron chi connectivity index (χ4n) is 3.62. The van der Waals surface area contributed by atoms with Crippen molar-refractivity contribution >= 4 is 15.7 Å². The molecule has 5 nitrogen and oxygen atoms in total. The molecule has 6 heteroatoms. The second kappa shape index (κ2) is 7.66. The molecule has 1 atom stereocenters. The first-order valence-electron chi connectivity index (χ1n) is 8.90. The van der Waals surface area contributed by atoms with E-state index in [1.54, 1.807) is 24.3 Å². The van der Waals surface area contributed by atoms with E-state index in [-0.39, 0.29) is 11.2 Å². The summed E-state index contributed by atoms with van der Waals surface area (Å²) in [4.78, 5) is 12.6. The Kier molecular flexibility index (Phi) is 5.56. The van der Waals surface area contributed by atoms with E-state index in [9.17, 15) is 13.2 Å². The molecule has 2 N–H and O–H groups in total. The fraction of sp³-hybridized carbons (Fsp3) is 0.611. The summed E-state index contributed by atoms with van der Waals surface area (Å²) in [5.41, 5.74) is 0.518. The van der Waals surface area contributed by atoms with E-state index in [0.717, 1.165) is 51.6 Å². The van der Waals surface area contributed by atoms with Crippen LogP contribution in [0.4, 0.5) is 0 Å². The molecule has 1 aliphatic heterocycles. The molecule has 132 valence electrons. The number of amides is 1. The number of rotatable bonds is 5. The lowest BCUT2D eigenvalue weighted by Gasteiger charge is -2.22. The zero-order valence-corrected chi connectivity index (χ0v) is 14.8. The van der Waals surface area contributed by atoms with Gasteiger partial charge in [-0.25, -0.2) is 8.42 Å². The van der Waals surface area contributed by atoms with Gasteiger partial charge in [0.05, 0.1) is 10.1 Å². The molecular weight excluding hydrogens is 324 g/mol. The van der Waals surface area contributed by atoms with Crippen LogP contribution >= 0.6 is 0 Å². The van der Waals surface area contributed by atoms with Gasteiger partial charge in [-0.05, 0) is 69.0 Å². The first-order valence-corrected chi connectivity index (χ1v) is 10.4. The first kappa shape index (κ1) is 17.4. The molecule has 1 aromatic carbocycles. The highest BCUT2D eigenvalue weighted by Gasteiger charge is 2.30. The third-order valence-corrected chi connectivity index (χ3v) is 7.41. The molecule has 0 spiro atoms. The minimum Gasteiger partial charge on any atom is -0.352 e. The van der Waals surface area contributed by atoms with E-state index in [1.807, 2.05) is 0 Å². The number of hydrogen-bond donors (Lipinski definition) is 2. The normalized spacial score (nSPS) is 22.4. The molecule has 2 fully saturated rings. The van der Waals surface area contributed by atoms with Crippen LogP contribution in [0.3, 0.4) is 0 Å². The standard InChI is InChI=1S/C18H26N2O3S/c21-18(20-13-14-4-3-11-19-12-14)15-7-9-17(10-8-15)24(22,23)16-5-1-2-6-16/h7-10,14,16,19H,1-6,11-13H2,(H,20,21). The zero-order valence-electron chi connectivity index (χ0n) is 14.0. The van der Waals surface area contributed by atoms with E-state index >= 15 is 0 Å². The minimum atomic E-state index is -3.25. The van der Waals surface area contributed by atoms with Crippen molar-refractivity contribution in [3.05, 3.63) is 29.8 Å². The average molecular weight is 350 g/mol. The monoisotopic (exact) mass is 350 g/mol. The van der Waals surface area contributed by atoms with Gasteiger partial charge in [0.15, 0.2) is 9.84 Å². The number of piperidine rings is 1.